The van der Waals surface area contributed by atoms with Gasteiger partial charge in [0.05, 0.1) is 22.2 Å². The smallest absolute Gasteiger partial charge is 0.127 e. The van der Waals surface area contributed by atoms with Gasteiger partial charge in [-0.15, -0.1) is 11.8 Å². The molecule has 5 rings (SSSR count). The number of nitrogens with one attached hydrogen (secondary N) is 1. The number of fused-ring (bicyclic) bond motifs is 1. The van der Waals surface area contributed by atoms with E-state index >= 15 is 0 Å². The summed E-state index contributed by atoms with van der Waals surface area (Å²) in [5, 5.41) is 8.25. The molecule has 0 saturated heterocycles. The summed E-state index contributed by atoms with van der Waals surface area (Å²) in [7, 11) is 0. The van der Waals surface area contributed by atoms with E-state index < -0.39 is 0 Å². The Balaban J connectivity index is 0.000000917. The molecular formula is C29H33ClN2O2S. The van der Waals surface area contributed by atoms with Crippen molar-refractivity contribution >= 4 is 34.4 Å². The third kappa shape index (κ3) is 7.03. The second-order valence-electron chi connectivity index (χ2n) is 9.09. The lowest BCUT2D eigenvalue weighted by Crippen LogP contribution is -2.06. The molecule has 0 unspecified atom stereocenters. The first-order valence-electron chi connectivity index (χ1n) is 12.2. The number of imidazole rings is 1. The number of aromatic nitrogens is 2. The predicted molar refractivity (Wildman–Crippen MR) is 148 cm³/mol. The number of nitrogens with zero attached hydrogens (tertiary/aromatic N) is 1. The van der Waals surface area contributed by atoms with Gasteiger partial charge < -0.3 is 14.8 Å². The molecule has 1 saturated carbocycles. The minimum Gasteiger partial charge on any atom is -0.490 e. The molecule has 35 heavy (non-hydrogen) atoms. The van der Waals surface area contributed by atoms with Crippen LogP contribution in [0.1, 0.15) is 45.0 Å². The van der Waals surface area contributed by atoms with E-state index in [1.807, 2.05) is 55.9 Å². The summed E-state index contributed by atoms with van der Waals surface area (Å²) in [4.78, 5) is 9.65. The van der Waals surface area contributed by atoms with Gasteiger partial charge in [0.1, 0.15) is 11.6 Å². The Bertz CT molecular complexity index is 1250. The van der Waals surface area contributed by atoms with E-state index in [1.54, 1.807) is 6.92 Å². The summed E-state index contributed by atoms with van der Waals surface area (Å²) in [6, 6.07) is 20.9. The fourth-order valence-corrected chi connectivity index (χ4v) is 5.17. The summed E-state index contributed by atoms with van der Waals surface area (Å²) in [5.41, 5.74) is 5.03. The summed E-state index contributed by atoms with van der Waals surface area (Å²) in [6.07, 6.45) is 3.66. The number of ether oxygens (including phenoxy) is 1. The Labute approximate surface area is 217 Å². The average molecular weight is 509 g/mol. The third-order valence-electron chi connectivity index (χ3n) is 5.64. The zero-order chi connectivity index (χ0) is 24.8. The molecule has 0 atom stereocenters. The second-order valence-corrected chi connectivity index (χ2v) is 10.6. The fraction of sp³-hybridized carbons (Fsp3) is 0.345. The van der Waals surface area contributed by atoms with Crippen LogP contribution in [0.25, 0.3) is 22.2 Å². The van der Waals surface area contributed by atoms with Crippen molar-refractivity contribution in [2.75, 3.05) is 12.4 Å². The van der Waals surface area contributed by atoms with Crippen LogP contribution in [0.2, 0.25) is 5.02 Å². The van der Waals surface area contributed by atoms with E-state index in [9.17, 15) is 0 Å². The zero-order valence-corrected chi connectivity index (χ0v) is 22.1. The highest BCUT2D eigenvalue weighted by molar-refractivity contribution is 7.99. The molecule has 6 heteroatoms. The Kier molecular flexibility index (Phi) is 8.77. The van der Waals surface area contributed by atoms with Gasteiger partial charge >= 0.3 is 0 Å². The van der Waals surface area contributed by atoms with Crippen LogP contribution in [0.4, 0.5) is 0 Å². The van der Waals surface area contributed by atoms with Crippen LogP contribution in [0, 0.1) is 5.92 Å². The van der Waals surface area contributed by atoms with Crippen LogP contribution < -0.4 is 4.74 Å². The first kappa shape index (κ1) is 25.6. The summed E-state index contributed by atoms with van der Waals surface area (Å²) >= 11 is 8.65. The zero-order valence-electron chi connectivity index (χ0n) is 20.6. The molecule has 1 aromatic heterocycles. The quantitative estimate of drug-likeness (QED) is 0.239. The third-order valence-corrected chi connectivity index (χ3v) is 7.19. The normalized spacial score (nSPS) is 13.1. The van der Waals surface area contributed by atoms with E-state index in [4.69, 9.17) is 26.4 Å². The number of aliphatic hydroxyl groups excluding tert-OH is 1. The van der Waals surface area contributed by atoms with Crippen molar-refractivity contribution < 1.29 is 9.84 Å². The lowest BCUT2D eigenvalue weighted by atomic mass is 10.0. The van der Waals surface area contributed by atoms with Gasteiger partial charge in [-0.3, -0.25) is 0 Å². The van der Waals surface area contributed by atoms with Crippen molar-refractivity contribution in [2.45, 2.75) is 51.0 Å². The number of halogens is 1. The standard InChI is InChI=1S/C27H27ClN2OS.C2H6O/c1-17(2)31-26-6-4-3-5-21(26)22-14-24-25(15-23(22)28)30-27(29-24)13-18-9-11-20(12-10-18)32-16-19-7-8-19;1-2-3/h3-6,9-12,14-15,17,19H,7-8,13,16H2,1-2H3,(H,29,30);3H,2H2,1H3. The first-order chi connectivity index (χ1) is 17.0. The first-order valence-corrected chi connectivity index (χ1v) is 13.6. The monoisotopic (exact) mass is 508 g/mol. The maximum Gasteiger partial charge on any atom is 0.127 e. The summed E-state index contributed by atoms with van der Waals surface area (Å²) in [6.45, 7) is 5.99. The van der Waals surface area contributed by atoms with Crippen molar-refractivity contribution in [2.24, 2.45) is 5.92 Å². The number of benzene rings is 3. The van der Waals surface area contributed by atoms with Crippen LogP contribution >= 0.6 is 23.4 Å². The highest BCUT2D eigenvalue weighted by Crippen LogP contribution is 2.38. The molecule has 0 spiro atoms. The number of hydrogen-bond acceptors (Lipinski definition) is 4. The lowest BCUT2D eigenvalue weighted by Gasteiger charge is -2.15. The number of para-hydroxylation sites is 1. The van der Waals surface area contributed by atoms with E-state index in [0.717, 1.165) is 46.1 Å². The van der Waals surface area contributed by atoms with E-state index in [1.165, 1.54) is 29.1 Å². The molecule has 4 aromatic rings. The van der Waals surface area contributed by atoms with Crippen molar-refractivity contribution in [3.63, 3.8) is 0 Å². The molecule has 184 valence electrons. The molecule has 1 fully saturated rings. The molecule has 1 aliphatic carbocycles. The highest BCUT2D eigenvalue weighted by atomic mass is 35.5. The molecule has 1 heterocycles. The van der Waals surface area contributed by atoms with Gasteiger partial charge in [-0.25, -0.2) is 4.98 Å². The number of H-pyrrole nitrogens is 1. The lowest BCUT2D eigenvalue weighted by molar-refractivity contribution is 0.243. The number of hydrogen-bond donors (Lipinski definition) is 2. The second kappa shape index (κ2) is 12.0. The van der Waals surface area contributed by atoms with Gasteiger partial charge in [0.25, 0.3) is 0 Å². The molecule has 3 aromatic carbocycles. The molecule has 2 N–H and O–H groups in total. The van der Waals surface area contributed by atoms with Crippen molar-refractivity contribution in [3.05, 3.63) is 77.1 Å². The molecule has 4 nitrogen and oxygen atoms in total. The van der Waals surface area contributed by atoms with E-state index in [-0.39, 0.29) is 12.7 Å². The Morgan fingerprint density at radius 3 is 2.49 bits per heavy atom. The predicted octanol–water partition coefficient (Wildman–Crippen LogP) is 7.76. The van der Waals surface area contributed by atoms with Crippen LogP contribution in [0.3, 0.4) is 0 Å². The number of thioether (sulfide) groups is 1. The maximum atomic E-state index is 7.57. The van der Waals surface area contributed by atoms with Crippen molar-refractivity contribution in [3.8, 4) is 16.9 Å². The largest absolute Gasteiger partial charge is 0.490 e. The fourth-order valence-electron chi connectivity index (χ4n) is 3.81. The van der Waals surface area contributed by atoms with E-state index in [2.05, 4.69) is 35.3 Å². The molecule has 0 aliphatic heterocycles. The van der Waals surface area contributed by atoms with Gasteiger partial charge in [-0.05, 0) is 75.4 Å². The Morgan fingerprint density at radius 1 is 1.09 bits per heavy atom. The topological polar surface area (TPSA) is 58.1 Å². The van der Waals surface area contributed by atoms with E-state index in [0.29, 0.717) is 5.02 Å². The molecule has 0 bridgehead atoms. The SMILES string of the molecule is CC(C)Oc1ccccc1-c1cc2nc(Cc3ccc(SCC4CC4)cc3)[nH]c2cc1Cl.CCO. The molecule has 1 aliphatic rings. The maximum absolute atomic E-state index is 7.57. The molecule has 0 amide bonds. The number of aromatic amines is 1. The van der Waals surface area contributed by atoms with Gasteiger partial charge in [-0.1, -0.05) is 41.9 Å². The van der Waals surface area contributed by atoms with Crippen LogP contribution in [-0.2, 0) is 6.42 Å². The van der Waals surface area contributed by atoms with Crippen LogP contribution in [0.15, 0.2) is 65.6 Å². The molecular weight excluding hydrogens is 476 g/mol. The van der Waals surface area contributed by atoms with Crippen molar-refractivity contribution in [1.29, 1.82) is 0 Å². The van der Waals surface area contributed by atoms with Gasteiger partial charge in [-0.2, -0.15) is 0 Å². The van der Waals surface area contributed by atoms with Crippen LogP contribution in [0.5, 0.6) is 5.75 Å². The molecule has 0 radical (unpaired) electrons. The number of aliphatic hydroxyl groups is 1. The minimum absolute atomic E-state index is 0.0918. The van der Waals surface area contributed by atoms with Gasteiger partial charge in [0, 0.05) is 34.8 Å². The van der Waals surface area contributed by atoms with Gasteiger partial charge in [0.15, 0.2) is 0 Å². The Hall–Kier alpha value is -2.47. The van der Waals surface area contributed by atoms with Crippen LogP contribution in [-0.4, -0.2) is 33.5 Å². The summed E-state index contributed by atoms with van der Waals surface area (Å²) in [5.74, 6) is 3.96. The highest BCUT2D eigenvalue weighted by Gasteiger charge is 2.21. The Morgan fingerprint density at radius 2 is 1.80 bits per heavy atom. The van der Waals surface area contributed by atoms with Crippen molar-refractivity contribution in [1.82, 2.24) is 9.97 Å². The average Bonchev–Trinajstić information content (AvgIpc) is 3.58. The minimum atomic E-state index is 0.0918. The summed E-state index contributed by atoms with van der Waals surface area (Å²) < 4.78 is 6.01. The van der Waals surface area contributed by atoms with Gasteiger partial charge in [0.2, 0.25) is 0 Å². The number of rotatable bonds is 8.